The van der Waals surface area contributed by atoms with E-state index in [1.165, 1.54) is 24.0 Å². The van der Waals surface area contributed by atoms with Gasteiger partial charge in [0, 0.05) is 6.20 Å². The van der Waals surface area contributed by atoms with Crippen LogP contribution in [0.5, 0.6) is 0 Å². The van der Waals surface area contributed by atoms with Crippen LogP contribution in [-0.4, -0.2) is 59.5 Å². The van der Waals surface area contributed by atoms with Crippen molar-refractivity contribution in [3.05, 3.63) is 17.5 Å². The molecule has 9 nitrogen and oxygen atoms in total. The van der Waals surface area contributed by atoms with Gasteiger partial charge in [0.25, 0.3) is 0 Å². The largest absolute Gasteiger partial charge is 0.394 e. The Morgan fingerprint density at radius 1 is 1.50 bits per heavy atom. The van der Waals surface area contributed by atoms with Crippen LogP contribution < -0.4 is 5.48 Å². The SMILES string of the molecule is C[C@]1(O)C(n2cc(Cl)c3c(NO)ncnc32)O[C@H](CO)[C@H]1O. The average molecular weight is 331 g/mol. The van der Waals surface area contributed by atoms with E-state index in [4.69, 9.17) is 21.5 Å². The summed E-state index contributed by atoms with van der Waals surface area (Å²) in [4.78, 5) is 7.92. The fraction of sp³-hybridized carbons (Fsp3) is 0.500. The second-order valence-corrected chi connectivity index (χ2v) is 5.70. The second kappa shape index (κ2) is 5.30. The van der Waals surface area contributed by atoms with Gasteiger partial charge in [0.15, 0.2) is 12.0 Å². The molecule has 10 heteroatoms. The van der Waals surface area contributed by atoms with Crippen molar-refractivity contribution in [1.82, 2.24) is 14.5 Å². The van der Waals surface area contributed by atoms with Gasteiger partial charge in [0.05, 0.1) is 17.0 Å². The molecule has 0 aliphatic carbocycles. The molecule has 3 heterocycles. The third-order valence-corrected chi connectivity index (χ3v) is 4.14. The zero-order valence-corrected chi connectivity index (χ0v) is 12.3. The minimum atomic E-state index is -1.67. The number of nitrogens with one attached hydrogen (secondary N) is 1. The smallest absolute Gasteiger partial charge is 0.167 e. The van der Waals surface area contributed by atoms with Crippen molar-refractivity contribution in [3.8, 4) is 0 Å². The number of nitrogens with zero attached hydrogens (tertiary/aromatic N) is 3. The number of rotatable bonds is 3. The molecule has 2 aromatic heterocycles. The van der Waals surface area contributed by atoms with Gasteiger partial charge in [0.1, 0.15) is 29.8 Å². The highest BCUT2D eigenvalue weighted by atomic mass is 35.5. The molecule has 4 atom stereocenters. The first-order chi connectivity index (χ1) is 10.4. The Balaban J connectivity index is 2.15. The highest BCUT2D eigenvalue weighted by molar-refractivity contribution is 6.36. The number of ether oxygens (including phenoxy) is 1. The molecule has 1 unspecified atom stereocenters. The van der Waals surface area contributed by atoms with Gasteiger partial charge in [-0.15, -0.1) is 0 Å². The Hall–Kier alpha value is -1.49. The van der Waals surface area contributed by atoms with Gasteiger partial charge in [-0.25, -0.2) is 9.97 Å². The van der Waals surface area contributed by atoms with Crippen LogP contribution in [0, 0.1) is 0 Å². The Kier molecular flexibility index (Phi) is 3.71. The number of aliphatic hydroxyl groups is 3. The first-order valence-corrected chi connectivity index (χ1v) is 6.87. The zero-order valence-electron chi connectivity index (χ0n) is 11.5. The predicted molar refractivity (Wildman–Crippen MR) is 75.6 cm³/mol. The maximum Gasteiger partial charge on any atom is 0.167 e. The lowest BCUT2D eigenvalue weighted by Gasteiger charge is -2.27. The van der Waals surface area contributed by atoms with E-state index < -0.39 is 30.6 Å². The fourth-order valence-electron chi connectivity index (χ4n) is 2.69. The van der Waals surface area contributed by atoms with Crippen LogP contribution in [0.15, 0.2) is 12.5 Å². The van der Waals surface area contributed by atoms with E-state index in [0.29, 0.717) is 11.0 Å². The Labute approximate surface area is 129 Å². The molecular formula is C12H15ClN4O5. The molecule has 1 saturated heterocycles. The molecule has 0 aromatic carbocycles. The van der Waals surface area contributed by atoms with Crippen molar-refractivity contribution in [2.75, 3.05) is 12.1 Å². The molecule has 0 bridgehead atoms. The van der Waals surface area contributed by atoms with Crippen LogP contribution in [0.3, 0.4) is 0 Å². The van der Waals surface area contributed by atoms with Crippen molar-refractivity contribution < 1.29 is 25.3 Å². The lowest BCUT2D eigenvalue weighted by atomic mass is 9.96. The van der Waals surface area contributed by atoms with E-state index in [0.717, 1.165) is 0 Å². The third-order valence-electron chi connectivity index (χ3n) is 3.86. The summed E-state index contributed by atoms with van der Waals surface area (Å²) < 4.78 is 6.96. The van der Waals surface area contributed by atoms with Gasteiger partial charge in [-0.3, -0.25) is 10.7 Å². The first-order valence-electron chi connectivity index (χ1n) is 6.49. The molecule has 3 rings (SSSR count). The summed E-state index contributed by atoms with van der Waals surface area (Å²) in [6.45, 7) is 0.948. The molecule has 1 aliphatic rings. The molecule has 1 fully saturated rings. The number of aromatic nitrogens is 3. The molecule has 0 spiro atoms. The van der Waals surface area contributed by atoms with E-state index in [1.807, 2.05) is 5.48 Å². The number of aliphatic hydroxyl groups excluding tert-OH is 2. The lowest BCUT2D eigenvalue weighted by Crippen LogP contribution is -2.44. The minimum Gasteiger partial charge on any atom is -0.394 e. The summed E-state index contributed by atoms with van der Waals surface area (Å²) in [7, 11) is 0. The second-order valence-electron chi connectivity index (χ2n) is 5.30. The Morgan fingerprint density at radius 2 is 2.23 bits per heavy atom. The van der Waals surface area contributed by atoms with Crippen LogP contribution in [0.1, 0.15) is 13.2 Å². The van der Waals surface area contributed by atoms with Crippen LogP contribution in [0.25, 0.3) is 11.0 Å². The van der Waals surface area contributed by atoms with Crippen LogP contribution in [-0.2, 0) is 4.74 Å². The highest BCUT2D eigenvalue weighted by Crippen LogP contribution is 2.41. The van der Waals surface area contributed by atoms with Crippen LogP contribution in [0.2, 0.25) is 5.02 Å². The van der Waals surface area contributed by atoms with Crippen molar-refractivity contribution in [3.63, 3.8) is 0 Å². The van der Waals surface area contributed by atoms with Crippen molar-refractivity contribution in [1.29, 1.82) is 0 Å². The van der Waals surface area contributed by atoms with Crippen LogP contribution >= 0.6 is 11.6 Å². The summed E-state index contributed by atoms with van der Waals surface area (Å²) in [5, 5.41) is 39.5. The predicted octanol–water partition coefficient (Wildman–Crippen LogP) is -0.113. The normalized spacial score (nSPS) is 31.8. The fourth-order valence-corrected chi connectivity index (χ4v) is 2.97. The number of hydrogen-bond acceptors (Lipinski definition) is 8. The minimum absolute atomic E-state index is 0.102. The Bertz CT molecular complexity index is 706. The van der Waals surface area contributed by atoms with Gasteiger partial charge < -0.3 is 24.6 Å². The molecule has 0 amide bonds. The average Bonchev–Trinajstić information content (AvgIpc) is 2.95. The van der Waals surface area contributed by atoms with Gasteiger partial charge >= 0.3 is 0 Å². The third kappa shape index (κ3) is 2.06. The quantitative estimate of drug-likeness (QED) is 0.492. The van der Waals surface area contributed by atoms with E-state index in [2.05, 4.69) is 9.97 Å². The summed E-state index contributed by atoms with van der Waals surface area (Å²) in [6, 6.07) is 0. The van der Waals surface area contributed by atoms with E-state index in [9.17, 15) is 15.3 Å². The van der Waals surface area contributed by atoms with Crippen molar-refractivity contribution in [2.45, 2.75) is 31.0 Å². The zero-order chi connectivity index (χ0) is 16.1. The summed E-state index contributed by atoms with van der Waals surface area (Å²) in [5.74, 6) is 0.102. The summed E-state index contributed by atoms with van der Waals surface area (Å²) in [5.41, 5.74) is 0.555. The van der Waals surface area contributed by atoms with Gasteiger partial charge in [0.2, 0.25) is 0 Å². The molecule has 0 radical (unpaired) electrons. The molecule has 0 saturated carbocycles. The highest BCUT2D eigenvalue weighted by Gasteiger charge is 2.53. The number of hydrogen-bond donors (Lipinski definition) is 5. The molecule has 2 aromatic rings. The topological polar surface area (TPSA) is 133 Å². The first kappa shape index (κ1) is 15.4. The van der Waals surface area contributed by atoms with E-state index in [-0.39, 0.29) is 10.8 Å². The number of fused-ring (bicyclic) bond motifs is 1. The Morgan fingerprint density at radius 3 is 2.82 bits per heavy atom. The molecule has 1 aliphatic heterocycles. The maximum atomic E-state index is 10.5. The van der Waals surface area contributed by atoms with Gasteiger partial charge in [-0.05, 0) is 6.92 Å². The molecule has 22 heavy (non-hydrogen) atoms. The van der Waals surface area contributed by atoms with Gasteiger partial charge in [-0.2, -0.15) is 0 Å². The lowest BCUT2D eigenvalue weighted by molar-refractivity contribution is -0.0948. The standard InChI is InChI=1S/C12H15ClN4O5/c1-12(20)8(19)6(3-18)22-11(12)17-2-5(13)7-9(16-21)14-4-15-10(7)17/h2,4,6,8,11,18-21H,3H2,1H3,(H,14,15,16)/t6-,8-,11?,12-/m1/s1. The van der Waals surface area contributed by atoms with Gasteiger partial charge in [-0.1, -0.05) is 11.6 Å². The molecule has 120 valence electrons. The molecular weight excluding hydrogens is 316 g/mol. The number of anilines is 1. The van der Waals surface area contributed by atoms with E-state index in [1.54, 1.807) is 0 Å². The maximum absolute atomic E-state index is 10.5. The number of halogens is 1. The van der Waals surface area contributed by atoms with Crippen LogP contribution in [0.4, 0.5) is 5.82 Å². The summed E-state index contributed by atoms with van der Waals surface area (Å²) >= 11 is 6.14. The van der Waals surface area contributed by atoms with Crippen molar-refractivity contribution in [2.24, 2.45) is 0 Å². The summed E-state index contributed by atoms with van der Waals surface area (Å²) in [6.07, 6.45) is -0.578. The molecule has 5 N–H and O–H groups in total. The van der Waals surface area contributed by atoms with Crippen molar-refractivity contribution >= 4 is 28.5 Å². The monoisotopic (exact) mass is 330 g/mol. The van der Waals surface area contributed by atoms with E-state index >= 15 is 0 Å².